The lowest BCUT2D eigenvalue weighted by molar-refractivity contribution is 0.0535. The van der Waals surface area contributed by atoms with Gasteiger partial charge in [0, 0.05) is 43.1 Å². The molecule has 1 aromatic heterocycles. The zero-order valence-corrected chi connectivity index (χ0v) is 14.4. The van der Waals surface area contributed by atoms with Crippen molar-refractivity contribution in [1.82, 2.24) is 14.8 Å². The molecule has 1 aliphatic rings. The molecule has 5 nitrogen and oxygen atoms in total. The van der Waals surface area contributed by atoms with Gasteiger partial charge in [-0.05, 0) is 39.0 Å². The lowest BCUT2D eigenvalue weighted by Gasteiger charge is -2.34. The van der Waals surface area contributed by atoms with Crippen molar-refractivity contribution in [2.75, 3.05) is 26.2 Å². The van der Waals surface area contributed by atoms with E-state index in [1.807, 2.05) is 60.9 Å². The average molecular weight is 325 g/mol. The van der Waals surface area contributed by atoms with Crippen molar-refractivity contribution in [2.24, 2.45) is 0 Å². The lowest BCUT2D eigenvalue weighted by atomic mass is 10.1. The van der Waals surface area contributed by atoms with Crippen molar-refractivity contribution < 1.29 is 9.59 Å². The maximum Gasteiger partial charge on any atom is 0.255 e. The summed E-state index contributed by atoms with van der Waals surface area (Å²) in [7, 11) is 0. The molecule has 5 heteroatoms. The van der Waals surface area contributed by atoms with Gasteiger partial charge < -0.3 is 14.8 Å². The van der Waals surface area contributed by atoms with Crippen LogP contribution in [0, 0.1) is 20.8 Å². The van der Waals surface area contributed by atoms with Gasteiger partial charge in [-0.1, -0.05) is 17.7 Å². The molecule has 2 aromatic rings. The van der Waals surface area contributed by atoms with Gasteiger partial charge >= 0.3 is 0 Å². The Bertz CT molecular complexity index is 753. The van der Waals surface area contributed by atoms with E-state index in [0.29, 0.717) is 31.7 Å². The van der Waals surface area contributed by atoms with Gasteiger partial charge in [-0.2, -0.15) is 0 Å². The van der Waals surface area contributed by atoms with Crippen LogP contribution in [-0.2, 0) is 0 Å². The van der Waals surface area contributed by atoms with Crippen LogP contribution in [0.1, 0.15) is 37.7 Å². The van der Waals surface area contributed by atoms with Crippen LogP contribution >= 0.6 is 0 Å². The number of hydrogen-bond donors (Lipinski definition) is 1. The second kappa shape index (κ2) is 6.51. The number of benzene rings is 1. The summed E-state index contributed by atoms with van der Waals surface area (Å²) in [5.41, 5.74) is 4.46. The van der Waals surface area contributed by atoms with Crippen LogP contribution in [-0.4, -0.2) is 52.8 Å². The number of carbonyl (C=O) groups excluding carboxylic acids is 2. The quantitative estimate of drug-likeness (QED) is 0.922. The fourth-order valence-electron chi connectivity index (χ4n) is 3.11. The van der Waals surface area contributed by atoms with Crippen LogP contribution in [0.15, 0.2) is 30.3 Å². The summed E-state index contributed by atoms with van der Waals surface area (Å²) in [5.74, 6) is 0.0788. The number of nitrogens with one attached hydrogen (secondary N) is 1. The van der Waals surface area contributed by atoms with Crippen LogP contribution < -0.4 is 0 Å². The van der Waals surface area contributed by atoms with Crippen LogP contribution in [0.4, 0.5) is 0 Å². The third-order valence-electron chi connectivity index (χ3n) is 4.53. The zero-order chi connectivity index (χ0) is 17.3. The summed E-state index contributed by atoms with van der Waals surface area (Å²) >= 11 is 0. The zero-order valence-electron chi connectivity index (χ0n) is 14.4. The van der Waals surface area contributed by atoms with E-state index in [1.54, 1.807) is 0 Å². The average Bonchev–Trinajstić information content (AvgIpc) is 2.93. The highest BCUT2D eigenvalue weighted by molar-refractivity contribution is 5.96. The fraction of sp³-hybridized carbons (Fsp3) is 0.368. The number of rotatable bonds is 2. The van der Waals surface area contributed by atoms with Crippen molar-refractivity contribution in [3.63, 3.8) is 0 Å². The standard InChI is InChI=1S/C19H23N3O2/c1-13-4-6-16(7-5-13)18(23)21-8-10-22(11-9-21)19(24)17-12-14(2)20-15(17)3/h4-7,12,20H,8-11H2,1-3H3. The largest absolute Gasteiger partial charge is 0.362 e. The Morgan fingerprint density at radius 2 is 1.42 bits per heavy atom. The number of carbonyl (C=O) groups is 2. The molecular formula is C19H23N3O2. The molecule has 0 bridgehead atoms. The molecule has 1 aromatic carbocycles. The summed E-state index contributed by atoms with van der Waals surface area (Å²) in [5, 5.41) is 0. The molecule has 1 saturated heterocycles. The van der Waals surface area contributed by atoms with E-state index in [-0.39, 0.29) is 11.8 Å². The van der Waals surface area contributed by atoms with E-state index in [0.717, 1.165) is 22.5 Å². The number of aromatic amines is 1. The lowest BCUT2D eigenvalue weighted by Crippen LogP contribution is -2.50. The molecule has 0 aliphatic carbocycles. The van der Waals surface area contributed by atoms with Crippen molar-refractivity contribution in [2.45, 2.75) is 20.8 Å². The van der Waals surface area contributed by atoms with Gasteiger partial charge in [-0.15, -0.1) is 0 Å². The minimum atomic E-state index is 0.0377. The van der Waals surface area contributed by atoms with Crippen LogP contribution in [0.2, 0.25) is 0 Å². The topological polar surface area (TPSA) is 56.4 Å². The van der Waals surface area contributed by atoms with Crippen LogP contribution in [0.5, 0.6) is 0 Å². The molecular weight excluding hydrogens is 302 g/mol. The van der Waals surface area contributed by atoms with Crippen molar-refractivity contribution in [3.8, 4) is 0 Å². The number of amides is 2. The Morgan fingerprint density at radius 1 is 0.875 bits per heavy atom. The Kier molecular flexibility index (Phi) is 4.42. The highest BCUT2D eigenvalue weighted by Crippen LogP contribution is 2.15. The monoisotopic (exact) mass is 325 g/mol. The van der Waals surface area contributed by atoms with Crippen molar-refractivity contribution in [3.05, 3.63) is 58.4 Å². The van der Waals surface area contributed by atoms with Gasteiger partial charge in [-0.3, -0.25) is 9.59 Å². The minimum absolute atomic E-state index is 0.0377. The first kappa shape index (κ1) is 16.3. The number of nitrogens with zero attached hydrogens (tertiary/aromatic N) is 2. The number of hydrogen-bond acceptors (Lipinski definition) is 2. The first-order valence-electron chi connectivity index (χ1n) is 8.27. The molecule has 2 amide bonds. The van der Waals surface area contributed by atoms with E-state index < -0.39 is 0 Å². The van der Waals surface area contributed by atoms with Gasteiger partial charge in [0.25, 0.3) is 11.8 Å². The second-order valence-electron chi connectivity index (χ2n) is 6.44. The highest BCUT2D eigenvalue weighted by atomic mass is 16.2. The van der Waals surface area contributed by atoms with Gasteiger partial charge in [0.1, 0.15) is 0 Å². The Hall–Kier alpha value is -2.56. The third kappa shape index (κ3) is 3.20. The fourth-order valence-corrected chi connectivity index (χ4v) is 3.11. The number of aromatic nitrogens is 1. The molecule has 0 atom stereocenters. The van der Waals surface area contributed by atoms with E-state index >= 15 is 0 Å². The summed E-state index contributed by atoms with van der Waals surface area (Å²) in [6.45, 7) is 8.14. The van der Waals surface area contributed by atoms with Crippen molar-refractivity contribution in [1.29, 1.82) is 0 Å². The van der Waals surface area contributed by atoms with Gasteiger partial charge in [0.15, 0.2) is 0 Å². The predicted octanol–water partition coefficient (Wildman–Crippen LogP) is 2.54. The van der Waals surface area contributed by atoms with Gasteiger partial charge in [-0.25, -0.2) is 0 Å². The summed E-state index contributed by atoms with van der Waals surface area (Å²) in [4.78, 5) is 32.0. The maximum atomic E-state index is 12.6. The predicted molar refractivity (Wildman–Crippen MR) is 93.3 cm³/mol. The van der Waals surface area contributed by atoms with Crippen LogP contribution in [0.25, 0.3) is 0 Å². The smallest absolute Gasteiger partial charge is 0.255 e. The summed E-state index contributed by atoms with van der Waals surface area (Å²) < 4.78 is 0. The van der Waals surface area contributed by atoms with E-state index in [9.17, 15) is 9.59 Å². The van der Waals surface area contributed by atoms with Gasteiger partial charge in [0.05, 0.1) is 5.56 Å². The maximum absolute atomic E-state index is 12.6. The molecule has 126 valence electrons. The normalized spacial score (nSPS) is 14.8. The number of aryl methyl sites for hydroxylation is 3. The molecule has 0 saturated carbocycles. The number of piperazine rings is 1. The molecule has 1 fully saturated rings. The Morgan fingerprint density at radius 3 is 1.92 bits per heavy atom. The molecule has 0 spiro atoms. The molecule has 0 unspecified atom stereocenters. The molecule has 2 heterocycles. The summed E-state index contributed by atoms with van der Waals surface area (Å²) in [6, 6.07) is 9.51. The van der Waals surface area contributed by atoms with E-state index in [2.05, 4.69) is 4.98 Å². The third-order valence-corrected chi connectivity index (χ3v) is 4.53. The Labute approximate surface area is 142 Å². The van der Waals surface area contributed by atoms with Crippen LogP contribution in [0.3, 0.4) is 0 Å². The van der Waals surface area contributed by atoms with Gasteiger partial charge in [0.2, 0.25) is 0 Å². The molecule has 0 radical (unpaired) electrons. The first-order valence-corrected chi connectivity index (χ1v) is 8.27. The minimum Gasteiger partial charge on any atom is -0.362 e. The molecule has 1 N–H and O–H groups in total. The second-order valence-corrected chi connectivity index (χ2v) is 6.44. The molecule has 1 aliphatic heterocycles. The first-order chi connectivity index (χ1) is 11.5. The molecule has 3 rings (SSSR count). The van der Waals surface area contributed by atoms with E-state index in [1.165, 1.54) is 0 Å². The molecule has 24 heavy (non-hydrogen) atoms. The number of H-pyrrole nitrogens is 1. The van der Waals surface area contributed by atoms with E-state index in [4.69, 9.17) is 0 Å². The van der Waals surface area contributed by atoms with Crippen molar-refractivity contribution >= 4 is 11.8 Å². The SMILES string of the molecule is Cc1ccc(C(=O)N2CCN(C(=O)c3cc(C)[nH]c3C)CC2)cc1. The highest BCUT2D eigenvalue weighted by Gasteiger charge is 2.26. The summed E-state index contributed by atoms with van der Waals surface area (Å²) in [6.07, 6.45) is 0. The Balaban J connectivity index is 1.63.